The van der Waals surface area contributed by atoms with Crippen LogP contribution < -0.4 is 10.9 Å². The molecule has 27 heavy (non-hydrogen) atoms. The minimum Gasteiger partial charge on any atom is -0.373 e. The Morgan fingerprint density at radius 2 is 2.04 bits per heavy atom. The van der Waals surface area contributed by atoms with Crippen molar-refractivity contribution in [2.45, 2.75) is 64.2 Å². The Morgan fingerprint density at radius 1 is 1.30 bits per heavy atom. The number of amides is 1. The van der Waals surface area contributed by atoms with E-state index in [4.69, 9.17) is 4.74 Å². The van der Waals surface area contributed by atoms with E-state index in [0.29, 0.717) is 17.3 Å². The molecule has 0 saturated carbocycles. The van der Waals surface area contributed by atoms with E-state index in [9.17, 15) is 9.59 Å². The summed E-state index contributed by atoms with van der Waals surface area (Å²) >= 11 is 1.25. The van der Waals surface area contributed by atoms with Crippen LogP contribution in [0.15, 0.2) is 34.2 Å². The summed E-state index contributed by atoms with van der Waals surface area (Å²) in [7, 11) is 0. The van der Waals surface area contributed by atoms with Crippen molar-refractivity contribution in [1.29, 1.82) is 0 Å². The summed E-state index contributed by atoms with van der Waals surface area (Å²) < 4.78 is 5.51. The van der Waals surface area contributed by atoms with Gasteiger partial charge in [0, 0.05) is 11.8 Å². The first-order valence-corrected chi connectivity index (χ1v) is 9.93. The van der Waals surface area contributed by atoms with Gasteiger partial charge in [0.1, 0.15) is 0 Å². The van der Waals surface area contributed by atoms with Crippen LogP contribution in [-0.4, -0.2) is 27.2 Å². The normalized spacial score (nSPS) is 12.2. The Hall–Kier alpha value is -2.12. The smallest absolute Gasteiger partial charge is 0.251 e. The van der Waals surface area contributed by atoms with Crippen LogP contribution in [0.4, 0.5) is 5.69 Å². The number of carbonyl (C=O) groups is 1. The van der Waals surface area contributed by atoms with E-state index in [1.807, 2.05) is 52.8 Å². The molecule has 1 aromatic carbocycles. The van der Waals surface area contributed by atoms with Crippen molar-refractivity contribution in [2.24, 2.45) is 0 Å². The van der Waals surface area contributed by atoms with Crippen LogP contribution in [0.25, 0.3) is 0 Å². The van der Waals surface area contributed by atoms with Gasteiger partial charge in [-0.3, -0.25) is 9.59 Å². The van der Waals surface area contributed by atoms with Crippen LogP contribution in [0.1, 0.15) is 44.0 Å². The fraction of sp³-hybridized carbons (Fsp3) is 0.450. The maximum atomic E-state index is 12.7. The molecule has 0 aliphatic carbocycles. The monoisotopic (exact) mass is 389 g/mol. The van der Waals surface area contributed by atoms with Gasteiger partial charge < -0.3 is 15.0 Å². The maximum Gasteiger partial charge on any atom is 0.251 e. The summed E-state index contributed by atoms with van der Waals surface area (Å²) in [5.41, 5.74) is 3.26. The zero-order valence-electron chi connectivity index (χ0n) is 16.5. The molecule has 0 fully saturated rings. The van der Waals surface area contributed by atoms with Crippen molar-refractivity contribution in [3.63, 3.8) is 0 Å². The average Bonchev–Trinajstić information content (AvgIpc) is 2.59. The van der Waals surface area contributed by atoms with Crippen LogP contribution in [-0.2, 0) is 16.1 Å². The lowest BCUT2D eigenvalue weighted by Gasteiger charge is -2.16. The summed E-state index contributed by atoms with van der Waals surface area (Å²) in [6.07, 6.45) is 0.659. The lowest BCUT2D eigenvalue weighted by molar-refractivity contribution is -0.115. The average molecular weight is 390 g/mol. The first-order chi connectivity index (χ1) is 12.8. The number of aromatic nitrogens is 2. The molecule has 1 atom stereocenters. The third kappa shape index (κ3) is 6.52. The molecule has 0 saturated heterocycles. The van der Waals surface area contributed by atoms with Crippen LogP contribution >= 0.6 is 11.8 Å². The first-order valence-electron chi connectivity index (χ1n) is 9.05. The summed E-state index contributed by atoms with van der Waals surface area (Å²) in [6.45, 7) is 10.0. The van der Waals surface area contributed by atoms with Crippen molar-refractivity contribution < 1.29 is 9.53 Å². The van der Waals surface area contributed by atoms with Crippen LogP contribution in [0.3, 0.4) is 0 Å². The Kier molecular flexibility index (Phi) is 7.62. The molecule has 6 nitrogen and oxygen atoms in total. The molecule has 1 heterocycles. The van der Waals surface area contributed by atoms with Gasteiger partial charge in [0.25, 0.3) is 5.56 Å². The highest BCUT2D eigenvalue weighted by Gasteiger charge is 2.20. The van der Waals surface area contributed by atoms with Gasteiger partial charge in [-0.1, -0.05) is 36.4 Å². The van der Waals surface area contributed by atoms with Crippen LogP contribution in [0.2, 0.25) is 0 Å². The minimum atomic E-state index is -0.366. The summed E-state index contributed by atoms with van der Waals surface area (Å²) in [6, 6.07) is 7.32. The van der Waals surface area contributed by atoms with Crippen molar-refractivity contribution in [3.05, 3.63) is 51.4 Å². The molecule has 1 unspecified atom stereocenters. The van der Waals surface area contributed by atoms with Gasteiger partial charge in [0.15, 0.2) is 5.16 Å². The van der Waals surface area contributed by atoms with Crippen molar-refractivity contribution >= 4 is 23.4 Å². The lowest BCUT2D eigenvalue weighted by Crippen LogP contribution is -2.26. The van der Waals surface area contributed by atoms with Gasteiger partial charge in [-0.2, -0.15) is 0 Å². The number of H-pyrrole nitrogens is 1. The molecule has 1 aromatic heterocycles. The number of ether oxygens (including phenoxy) is 1. The van der Waals surface area contributed by atoms with Crippen LogP contribution in [0, 0.1) is 13.8 Å². The molecule has 0 bridgehead atoms. The van der Waals surface area contributed by atoms with E-state index in [-0.39, 0.29) is 29.4 Å². The van der Waals surface area contributed by atoms with Gasteiger partial charge in [-0.15, -0.1) is 0 Å². The second-order valence-electron chi connectivity index (χ2n) is 6.72. The minimum absolute atomic E-state index is 0.0501. The third-order valence-electron chi connectivity index (χ3n) is 3.89. The molecule has 0 spiro atoms. The largest absolute Gasteiger partial charge is 0.373 e. The molecule has 2 N–H and O–H groups in total. The Morgan fingerprint density at radius 3 is 2.67 bits per heavy atom. The highest BCUT2D eigenvalue weighted by Crippen LogP contribution is 2.24. The van der Waals surface area contributed by atoms with Gasteiger partial charge in [-0.05, 0) is 45.7 Å². The number of hydrogen-bond acceptors (Lipinski definition) is 5. The highest BCUT2D eigenvalue weighted by molar-refractivity contribution is 8.00. The predicted molar refractivity (Wildman–Crippen MR) is 109 cm³/mol. The van der Waals surface area contributed by atoms with E-state index >= 15 is 0 Å². The van der Waals surface area contributed by atoms with Gasteiger partial charge in [0.05, 0.1) is 23.7 Å². The quantitative estimate of drug-likeness (QED) is 0.530. The number of anilines is 1. The van der Waals surface area contributed by atoms with Gasteiger partial charge >= 0.3 is 0 Å². The van der Waals surface area contributed by atoms with E-state index in [1.165, 1.54) is 17.8 Å². The number of rotatable bonds is 8. The van der Waals surface area contributed by atoms with Gasteiger partial charge in [-0.25, -0.2) is 4.98 Å². The summed E-state index contributed by atoms with van der Waals surface area (Å²) in [5.74, 6) is -0.110. The Labute approximate surface area is 164 Å². The molecule has 2 aromatic rings. The Balaban J connectivity index is 2.11. The number of nitrogens with zero attached hydrogens (tertiary/aromatic N) is 1. The van der Waals surface area contributed by atoms with Crippen molar-refractivity contribution in [3.8, 4) is 0 Å². The standard InChI is InChI=1S/C20H27N3O3S/c1-6-17(19(25)22-16-8-7-13(4)9-14(16)5)27-20-21-15(10-18(24)23-20)11-26-12(2)3/h7-10,12,17H,6,11H2,1-5H3,(H,22,25)(H,21,23,24). The number of benzene rings is 1. The number of hydrogen-bond donors (Lipinski definition) is 2. The lowest BCUT2D eigenvalue weighted by atomic mass is 10.1. The predicted octanol–water partition coefficient (Wildman–Crippen LogP) is 3.82. The number of aryl methyl sites for hydroxylation is 2. The molecular weight excluding hydrogens is 362 g/mol. The highest BCUT2D eigenvalue weighted by atomic mass is 32.2. The summed E-state index contributed by atoms with van der Waals surface area (Å²) in [5, 5.41) is 3.03. The SMILES string of the molecule is CCC(Sc1nc(COC(C)C)cc(=O)[nH]1)C(=O)Nc1ccc(C)cc1C. The van der Waals surface area contributed by atoms with Gasteiger partial charge in [0.2, 0.25) is 5.91 Å². The first kappa shape index (κ1) is 21.2. The molecule has 0 radical (unpaired) electrons. The zero-order valence-corrected chi connectivity index (χ0v) is 17.3. The van der Waals surface area contributed by atoms with E-state index in [2.05, 4.69) is 15.3 Å². The molecule has 7 heteroatoms. The zero-order chi connectivity index (χ0) is 20.0. The molecule has 0 aliphatic rings. The van der Waals surface area contributed by atoms with E-state index < -0.39 is 0 Å². The van der Waals surface area contributed by atoms with Crippen LogP contribution in [0.5, 0.6) is 0 Å². The molecular formula is C20H27N3O3S. The van der Waals surface area contributed by atoms with E-state index in [0.717, 1.165) is 16.8 Å². The second-order valence-corrected chi connectivity index (χ2v) is 7.92. The molecule has 1 amide bonds. The van der Waals surface area contributed by atoms with Crippen molar-refractivity contribution in [2.75, 3.05) is 5.32 Å². The second kappa shape index (κ2) is 9.71. The fourth-order valence-corrected chi connectivity index (χ4v) is 3.42. The summed E-state index contributed by atoms with van der Waals surface area (Å²) in [4.78, 5) is 31.7. The third-order valence-corrected chi connectivity index (χ3v) is 5.14. The Bertz CT molecular complexity index is 849. The van der Waals surface area contributed by atoms with Crippen molar-refractivity contribution in [1.82, 2.24) is 9.97 Å². The molecule has 0 aliphatic heterocycles. The topological polar surface area (TPSA) is 84.1 Å². The fourth-order valence-electron chi connectivity index (χ4n) is 2.49. The number of aromatic amines is 1. The number of thioether (sulfide) groups is 1. The molecule has 146 valence electrons. The molecule has 2 rings (SSSR count). The maximum absolute atomic E-state index is 12.7. The number of nitrogens with one attached hydrogen (secondary N) is 2. The van der Waals surface area contributed by atoms with E-state index in [1.54, 1.807) is 0 Å². The number of carbonyl (C=O) groups excluding carboxylic acids is 1.